The normalized spacial score (nSPS) is 16.7. The summed E-state index contributed by atoms with van der Waals surface area (Å²) in [6.45, 7) is 6.91. The molecule has 14 heavy (non-hydrogen) atoms. The zero-order chi connectivity index (χ0) is 9.97. The van der Waals surface area contributed by atoms with Crippen molar-refractivity contribution in [1.82, 2.24) is 0 Å². The van der Waals surface area contributed by atoms with Gasteiger partial charge in [-0.1, -0.05) is 24.3 Å². The van der Waals surface area contributed by atoms with E-state index in [9.17, 15) is 0 Å². The molecule has 0 radical (unpaired) electrons. The molecule has 0 aliphatic heterocycles. The molecule has 0 heterocycles. The van der Waals surface area contributed by atoms with Gasteiger partial charge in [0, 0.05) is 0 Å². The Labute approximate surface area is 82.9 Å². The topological polar surface area (TPSA) is 28.1 Å². The second kappa shape index (κ2) is 3.36. The van der Waals surface area contributed by atoms with Gasteiger partial charge in [-0.2, -0.15) is 0 Å². The van der Waals surface area contributed by atoms with Crippen LogP contribution in [0.2, 0.25) is 0 Å². The number of nitrogens with zero attached hydrogens (tertiary/aromatic N) is 2. The van der Waals surface area contributed by atoms with E-state index in [2.05, 4.69) is 10.9 Å². The van der Waals surface area contributed by atoms with Gasteiger partial charge in [0.25, 0.3) is 5.70 Å². The Balaban J connectivity index is 2.62. The zero-order valence-electron chi connectivity index (χ0n) is 7.62. The SMILES string of the molecule is [C-]#[N+]/C(C#N)=C1/CCc2ccccc21. The molecule has 0 bridgehead atoms. The molecule has 66 valence electrons. The monoisotopic (exact) mass is 180 g/mol. The van der Waals surface area contributed by atoms with Crippen LogP contribution < -0.4 is 0 Å². The highest BCUT2D eigenvalue weighted by molar-refractivity contribution is 5.78. The van der Waals surface area contributed by atoms with Gasteiger partial charge in [0.2, 0.25) is 0 Å². The van der Waals surface area contributed by atoms with Crippen molar-refractivity contribution in [2.75, 3.05) is 0 Å². The molecule has 1 aromatic rings. The van der Waals surface area contributed by atoms with Crippen LogP contribution in [0.15, 0.2) is 30.0 Å². The molecule has 0 atom stereocenters. The summed E-state index contributed by atoms with van der Waals surface area (Å²) in [5.74, 6) is 0. The Kier molecular flexibility index (Phi) is 2.05. The summed E-state index contributed by atoms with van der Waals surface area (Å²) in [7, 11) is 0. The van der Waals surface area contributed by atoms with Crippen LogP contribution in [0, 0.1) is 17.9 Å². The van der Waals surface area contributed by atoms with Gasteiger partial charge in [0.05, 0.1) is 12.6 Å². The van der Waals surface area contributed by atoms with Gasteiger partial charge in [0.1, 0.15) is 0 Å². The van der Waals surface area contributed by atoms with Gasteiger partial charge in [0.15, 0.2) is 0 Å². The Hall–Kier alpha value is -2.06. The first-order valence-electron chi connectivity index (χ1n) is 4.46. The average molecular weight is 180 g/mol. The molecule has 0 unspecified atom stereocenters. The number of allylic oxidation sites excluding steroid dienone is 2. The Morgan fingerprint density at radius 2 is 2.14 bits per heavy atom. The molecule has 0 amide bonds. The third-order valence-corrected chi connectivity index (χ3v) is 2.49. The van der Waals surface area contributed by atoms with Crippen LogP contribution in [0.4, 0.5) is 0 Å². The van der Waals surface area contributed by atoms with Crippen LogP contribution in [-0.2, 0) is 6.42 Å². The number of hydrogen-bond acceptors (Lipinski definition) is 1. The van der Waals surface area contributed by atoms with E-state index in [0.717, 1.165) is 24.0 Å². The quantitative estimate of drug-likeness (QED) is 0.445. The highest BCUT2D eigenvalue weighted by Crippen LogP contribution is 2.34. The number of fused-ring (bicyclic) bond motifs is 1. The van der Waals surface area contributed by atoms with E-state index in [4.69, 9.17) is 11.8 Å². The summed E-state index contributed by atoms with van der Waals surface area (Å²) in [6, 6.07) is 9.94. The molecule has 2 rings (SSSR count). The molecule has 1 aliphatic carbocycles. The Bertz CT molecular complexity index is 468. The zero-order valence-corrected chi connectivity index (χ0v) is 7.62. The molecular weight excluding hydrogens is 172 g/mol. The highest BCUT2D eigenvalue weighted by atomic mass is 14.7. The van der Waals surface area contributed by atoms with Crippen LogP contribution in [0.5, 0.6) is 0 Å². The minimum absolute atomic E-state index is 0.245. The maximum absolute atomic E-state index is 8.79. The number of benzene rings is 1. The predicted molar refractivity (Wildman–Crippen MR) is 53.9 cm³/mol. The third-order valence-electron chi connectivity index (χ3n) is 2.49. The van der Waals surface area contributed by atoms with E-state index >= 15 is 0 Å². The first-order chi connectivity index (χ1) is 6.86. The van der Waals surface area contributed by atoms with Gasteiger partial charge in [-0.3, -0.25) is 0 Å². The smallest absolute Gasteiger partial charge is 0.226 e. The van der Waals surface area contributed by atoms with Gasteiger partial charge < -0.3 is 0 Å². The van der Waals surface area contributed by atoms with E-state index in [1.54, 1.807) is 0 Å². The summed E-state index contributed by atoms with van der Waals surface area (Å²) < 4.78 is 0. The van der Waals surface area contributed by atoms with Crippen LogP contribution >= 0.6 is 0 Å². The lowest BCUT2D eigenvalue weighted by molar-refractivity contribution is 1.08. The van der Waals surface area contributed by atoms with E-state index in [1.807, 2.05) is 24.3 Å². The van der Waals surface area contributed by atoms with Crippen LogP contribution in [0.3, 0.4) is 0 Å². The summed E-state index contributed by atoms with van der Waals surface area (Å²) in [6.07, 6.45) is 1.77. The van der Waals surface area contributed by atoms with E-state index in [-0.39, 0.29) is 5.70 Å². The first kappa shape index (κ1) is 8.53. The standard InChI is InChI=1S/C12H8N2/c1-14-12(8-13)11-7-6-9-4-2-3-5-10(9)11/h2-5H,6-7H2/b12-11-. The number of aryl methyl sites for hydroxylation is 1. The first-order valence-corrected chi connectivity index (χ1v) is 4.46. The molecule has 2 heteroatoms. The van der Waals surface area contributed by atoms with Crippen LogP contribution in [0.25, 0.3) is 10.4 Å². The maximum atomic E-state index is 8.79. The molecular formula is C12H8N2. The number of nitriles is 1. The summed E-state index contributed by atoms with van der Waals surface area (Å²) in [5.41, 5.74) is 3.49. The molecule has 0 saturated carbocycles. The third kappa shape index (κ3) is 1.18. The van der Waals surface area contributed by atoms with Crippen molar-refractivity contribution >= 4 is 5.57 Å². The number of hydrogen-bond donors (Lipinski definition) is 0. The van der Waals surface area contributed by atoms with Crippen molar-refractivity contribution in [1.29, 1.82) is 5.26 Å². The largest absolute Gasteiger partial charge is 0.265 e. The van der Waals surface area contributed by atoms with E-state index in [0.29, 0.717) is 0 Å². The lowest BCUT2D eigenvalue weighted by Gasteiger charge is -1.99. The average Bonchev–Trinajstić information content (AvgIpc) is 2.65. The van der Waals surface area contributed by atoms with Gasteiger partial charge in [-0.25, -0.2) is 10.1 Å². The van der Waals surface area contributed by atoms with Gasteiger partial charge in [-0.15, -0.1) is 0 Å². The van der Waals surface area contributed by atoms with Gasteiger partial charge >= 0.3 is 0 Å². The molecule has 1 aliphatic rings. The van der Waals surface area contributed by atoms with Crippen molar-refractivity contribution in [2.45, 2.75) is 12.8 Å². The van der Waals surface area contributed by atoms with Gasteiger partial charge in [-0.05, 0) is 29.5 Å². The van der Waals surface area contributed by atoms with Crippen LogP contribution in [0.1, 0.15) is 17.5 Å². The fourth-order valence-electron chi connectivity index (χ4n) is 1.83. The second-order valence-corrected chi connectivity index (χ2v) is 3.21. The van der Waals surface area contributed by atoms with Crippen molar-refractivity contribution < 1.29 is 0 Å². The lowest BCUT2D eigenvalue weighted by atomic mass is 10.1. The van der Waals surface area contributed by atoms with Crippen molar-refractivity contribution in [3.05, 3.63) is 52.5 Å². The van der Waals surface area contributed by atoms with Crippen LogP contribution in [-0.4, -0.2) is 0 Å². The molecule has 2 nitrogen and oxygen atoms in total. The van der Waals surface area contributed by atoms with E-state index in [1.165, 1.54) is 5.56 Å². The molecule has 0 fully saturated rings. The summed E-state index contributed by atoms with van der Waals surface area (Å²) in [5, 5.41) is 8.79. The Morgan fingerprint density at radius 3 is 2.86 bits per heavy atom. The van der Waals surface area contributed by atoms with Crippen molar-refractivity contribution in [3.8, 4) is 6.07 Å². The molecule has 0 N–H and O–H groups in total. The fraction of sp³-hybridized carbons (Fsp3) is 0.167. The summed E-state index contributed by atoms with van der Waals surface area (Å²) >= 11 is 0. The highest BCUT2D eigenvalue weighted by Gasteiger charge is 2.18. The summed E-state index contributed by atoms with van der Waals surface area (Å²) in [4.78, 5) is 3.26. The molecule has 0 spiro atoms. The predicted octanol–water partition coefficient (Wildman–Crippen LogP) is 2.79. The molecule has 0 saturated heterocycles. The number of rotatable bonds is 0. The molecule has 0 aromatic heterocycles. The second-order valence-electron chi connectivity index (χ2n) is 3.21. The van der Waals surface area contributed by atoms with Crippen molar-refractivity contribution in [2.24, 2.45) is 0 Å². The molecule has 1 aromatic carbocycles. The lowest BCUT2D eigenvalue weighted by Crippen LogP contribution is -1.81. The minimum Gasteiger partial charge on any atom is -0.226 e. The van der Waals surface area contributed by atoms with E-state index < -0.39 is 0 Å². The maximum Gasteiger partial charge on any atom is 0.265 e. The minimum atomic E-state index is 0.245. The van der Waals surface area contributed by atoms with Crippen molar-refractivity contribution in [3.63, 3.8) is 0 Å². The fourth-order valence-corrected chi connectivity index (χ4v) is 1.83. The Morgan fingerprint density at radius 1 is 1.36 bits per heavy atom.